The van der Waals surface area contributed by atoms with Gasteiger partial charge in [-0.1, -0.05) is 6.07 Å². The number of carbonyl (C=O) groups is 1. The third-order valence-corrected chi connectivity index (χ3v) is 3.65. The predicted molar refractivity (Wildman–Crippen MR) is 78.4 cm³/mol. The van der Waals surface area contributed by atoms with Crippen LogP contribution in [0.1, 0.15) is 10.4 Å². The maximum absolute atomic E-state index is 12.2. The molecule has 0 atom stereocenters. The summed E-state index contributed by atoms with van der Waals surface area (Å²) in [6.45, 7) is 0. The lowest BCUT2D eigenvalue weighted by molar-refractivity contribution is 0.102. The summed E-state index contributed by atoms with van der Waals surface area (Å²) in [5.74, 6) is 0.931. The number of nitrogens with zero attached hydrogens (tertiary/aromatic N) is 2. The molecule has 5 nitrogen and oxygen atoms in total. The second-order valence-corrected chi connectivity index (χ2v) is 4.94. The van der Waals surface area contributed by atoms with Crippen LogP contribution in [0.3, 0.4) is 0 Å². The molecule has 2 heterocycles. The van der Waals surface area contributed by atoms with Gasteiger partial charge in [-0.25, -0.2) is 9.97 Å². The van der Waals surface area contributed by atoms with E-state index in [4.69, 9.17) is 4.74 Å². The zero-order valence-corrected chi connectivity index (χ0v) is 11.5. The molecule has 0 aliphatic carbocycles. The van der Waals surface area contributed by atoms with Crippen LogP contribution in [0.4, 0.5) is 5.82 Å². The van der Waals surface area contributed by atoms with Gasteiger partial charge in [-0.15, -0.1) is 11.3 Å². The van der Waals surface area contributed by atoms with E-state index < -0.39 is 0 Å². The van der Waals surface area contributed by atoms with Crippen molar-refractivity contribution in [2.75, 3.05) is 12.4 Å². The third kappa shape index (κ3) is 2.33. The van der Waals surface area contributed by atoms with Crippen LogP contribution in [-0.4, -0.2) is 23.0 Å². The van der Waals surface area contributed by atoms with Crippen molar-refractivity contribution in [3.8, 4) is 5.75 Å². The minimum atomic E-state index is -0.227. The molecule has 1 aromatic carbocycles. The third-order valence-electron chi connectivity index (χ3n) is 2.83. The van der Waals surface area contributed by atoms with Crippen LogP contribution >= 0.6 is 11.3 Å². The van der Waals surface area contributed by atoms with Crippen LogP contribution in [-0.2, 0) is 0 Å². The average Bonchev–Trinajstić information content (AvgIpc) is 2.97. The maximum atomic E-state index is 12.2. The molecule has 100 valence electrons. The van der Waals surface area contributed by atoms with Crippen molar-refractivity contribution in [2.24, 2.45) is 0 Å². The molecule has 0 radical (unpaired) electrons. The van der Waals surface area contributed by atoms with Gasteiger partial charge in [-0.3, -0.25) is 4.79 Å². The van der Waals surface area contributed by atoms with Crippen molar-refractivity contribution in [2.45, 2.75) is 0 Å². The van der Waals surface area contributed by atoms with Gasteiger partial charge in [0.2, 0.25) is 0 Å². The highest BCUT2D eigenvalue weighted by Crippen LogP contribution is 2.24. The van der Waals surface area contributed by atoms with Crippen LogP contribution < -0.4 is 10.1 Å². The minimum absolute atomic E-state index is 0.227. The molecule has 0 spiro atoms. The van der Waals surface area contributed by atoms with E-state index in [2.05, 4.69) is 15.3 Å². The predicted octanol–water partition coefficient (Wildman–Crippen LogP) is 2.95. The fourth-order valence-electron chi connectivity index (χ4n) is 1.83. The number of anilines is 1. The first-order valence-corrected chi connectivity index (χ1v) is 6.79. The lowest BCUT2D eigenvalue weighted by atomic mass is 10.2. The average molecular weight is 285 g/mol. The van der Waals surface area contributed by atoms with Gasteiger partial charge in [-0.05, 0) is 29.6 Å². The summed E-state index contributed by atoms with van der Waals surface area (Å²) >= 11 is 1.51. The second kappa shape index (κ2) is 5.26. The molecule has 0 fully saturated rings. The van der Waals surface area contributed by atoms with E-state index in [1.54, 1.807) is 31.4 Å². The van der Waals surface area contributed by atoms with Gasteiger partial charge in [0, 0.05) is 5.56 Å². The number of aromatic nitrogens is 2. The van der Waals surface area contributed by atoms with Crippen molar-refractivity contribution in [1.82, 2.24) is 9.97 Å². The Hall–Kier alpha value is -2.47. The number of rotatable bonds is 3. The monoisotopic (exact) mass is 285 g/mol. The fraction of sp³-hybridized carbons (Fsp3) is 0.0714. The zero-order valence-electron chi connectivity index (χ0n) is 10.7. The lowest BCUT2D eigenvalue weighted by Gasteiger charge is -2.06. The standard InChI is InChI=1S/C14H11N3O2S/c1-19-10-4-2-3-9(7-10)13(18)17-12-11-5-6-20-14(11)16-8-15-12/h2-8H,1H3,(H,15,16,17,18). The summed E-state index contributed by atoms with van der Waals surface area (Å²) in [6.07, 6.45) is 1.44. The Morgan fingerprint density at radius 2 is 2.20 bits per heavy atom. The van der Waals surface area contributed by atoms with Gasteiger partial charge in [0.05, 0.1) is 12.5 Å². The van der Waals surface area contributed by atoms with Crippen molar-refractivity contribution in [1.29, 1.82) is 0 Å². The molecule has 0 bridgehead atoms. The number of amides is 1. The SMILES string of the molecule is COc1cccc(C(=O)Nc2ncnc3sccc23)c1. The normalized spacial score (nSPS) is 10.4. The molecule has 0 aliphatic heterocycles. The highest BCUT2D eigenvalue weighted by molar-refractivity contribution is 7.16. The van der Waals surface area contributed by atoms with Gasteiger partial charge in [0.1, 0.15) is 22.7 Å². The first-order valence-electron chi connectivity index (χ1n) is 5.91. The minimum Gasteiger partial charge on any atom is -0.497 e. The quantitative estimate of drug-likeness (QED) is 0.803. The lowest BCUT2D eigenvalue weighted by Crippen LogP contribution is -2.13. The zero-order chi connectivity index (χ0) is 13.9. The van der Waals surface area contributed by atoms with Crippen LogP contribution in [0.5, 0.6) is 5.75 Å². The molecule has 0 unspecified atom stereocenters. The topological polar surface area (TPSA) is 64.1 Å². The second-order valence-electron chi connectivity index (χ2n) is 4.05. The van der Waals surface area contributed by atoms with E-state index >= 15 is 0 Å². The molecule has 3 aromatic rings. The van der Waals surface area contributed by atoms with Crippen molar-refractivity contribution in [3.05, 3.63) is 47.6 Å². The smallest absolute Gasteiger partial charge is 0.256 e. The van der Waals surface area contributed by atoms with Crippen molar-refractivity contribution >= 4 is 33.3 Å². The Balaban J connectivity index is 1.90. The number of benzene rings is 1. The Morgan fingerprint density at radius 1 is 1.30 bits per heavy atom. The number of thiophene rings is 1. The highest BCUT2D eigenvalue weighted by Gasteiger charge is 2.11. The first-order chi connectivity index (χ1) is 9.78. The highest BCUT2D eigenvalue weighted by atomic mass is 32.1. The summed E-state index contributed by atoms with van der Waals surface area (Å²) < 4.78 is 5.11. The van der Waals surface area contributed by atoms with Crippen molar-refractivity contribution < 1.29 is 9.53 Å². The van der Waals surface area contributed by atoms with Gasteiger partial charge >= 0.3 is 0 Å². The Morgan fingerprint density at radius 3 is 3.05 bits per heavy atom. The summed E-state index contributed by atoms with van der Waals surface area (Å²) in [4.78, 5) is 21.3. The summed E-state index contributed by atoms with van der Waals surface area (Å²) in [6, 6.07) is 8.86. The van der Waals surface area contributed by atoms with Gasteiger partial charge in [0.25, 0.3) is 5.91 Å². The fourth-order valence-corrected chi connectivity index (χ4v) is 2.57. The Kier molecular flexibility index (Phi) is 3.30. The van der Waals surface area contributed by atoms with E-state index in [9.17, 15) is 4.79 Å². The Labute approximate surface area is 119 Å². The van der Waals surface area contributed by atoms with E-state index in [0.29, 0.717) is 17.1 Å². The number of nitrogens with one attached hydrogen (secondary N) is 1. The summed E-state index contributed by atoms with van der Waals surface area (Å²) in [7, 11) is 1.57. The number of hydrogen-bond acceptors (Lipinski definition) is 5. The number of hydrogen-bond donors (Lipinski definition) is 1. The molecular formula is C14H11N3O2S. The number of fused-ring (bicyclic) bond motifs is 1. The van der Waals surface area contributed by atoms with Gasteiger partial charge < -0.3 is 10.1 Å². The molecule has 6 heteroatoms. The number of ether oxygens (including phenoxy) is 1. The van der Waals surface area contributed by atoms with Crippen molar-refractivity contribution in [3.63, 3.8) is 0 Å². The molecule has 3 rings (SSSR count). The maximum Gasteiger partial charge on any atom is 0.256 e. The number of carbonyl (C=O) groups excluding carboxylic acids is 1. The van der Waals surface area contributed by atoms with Crippen LogP contribution in [0, 0.1) is 0 Å². The Bertz CT molecular complexity index is 770. The van der Waals surface area contributed by atoms with Crippen LogP contribution in [0.15, 0.2) is 42.0 Å². The first kappa shape index (κ1) is 12.6. The van der Waals surface area contributed by atoms with Gasteiger partial charge in [-0.2, -0.15) is 0 Å². The number of methoxy groups -OCH3 is 1. The van der Waals surface area contributed by atoms with E-state index in [0.717, 1.165) is 10.2 Å². The largest absolute Gasteiger partial charge is 0.497 e. The summed E-state index contributed by atoms with van der Waals surface area (Å²) in [5, 5.41) is 5.56. The molecule has 20 heavy (non-hydrogen) atoms. The van der Waals surface area contributed by atoms with E-state index in [1.165, 1.54) is 17.7 Å². The molecular weight excluding hydrogens is 274 g/mol. The van der Waals surface area contributed by atoms with Gasteiger partial charge in [0.15, 0.2) is 0 Å². The van der Waals surface area contributed by atoms with E-state index in [1.807, 2.05) is 11.4 Å². The van der Waals surface area contributed by atoms with E-state index in [-0.39, 0.29) is 5.91 Å². The molecule has 0 saturated heterocycles. The molecule has 2 aromatic heterocycles. The molecule has 0 saturated carbocycles. The summed E-state index contributed by atoms with van der Waals surface area (Å²) in [5.41, 5.74) is 0.520. The van der Waals surface area contributed by atoms with Crippen LogP contribution in [0.2, 0.25) is 0 Å². The molecule has 1 amide bonds. The molecule has 0 aliphatic rings. The molecule has 1 N–H and O–H groups in total. The van der Waals surface area contributed by atoms with Crippen LogP contribution in [0.25, 0.3) is 10.2 Å².